The van der Waals surface area contributed by atoms with Crippen LogP contribution in [0, 0.1) is 11.3 Å². The Labute approximate surface area is 78.5 Å². The van der Waals surface area contributed by atoms with E-state index >= 15 is 0 Å². The van der Waals surface area contributed by atoms with Gasteiger partial charge < -0.3 is 4.74 Å². The van der Waals surface area contributed by atoms with Crippen LogP contribution in [0.1, 0.15) is 40.0 Å². The summed E-state index contributed by atoms with van der Waals surface area (Å²) in [6, 6.07) is 0. The van der Waals surface area contributed by atoms with Crippen molar-refractivity contribution in [3.63, 3.8) is 0 Å². The first-order valence-electron chi connectivity index (χ1n) is 4.60. The van der Waals surface area contributed by atoms with Crippen LogP contribution in [0.2, 0.25) is 0 Å². The fourth-order valence-corrected chi connectivity index (χ4v) is 1.76. The minimum absolute atomic E-state index is 0.169. The Hall–Kier alpha value is -0.860. The Morgan fingerprint density at radius 2 is 1.69 bits per heavy atom. The van der Waals surface area contributed by atoms with E-state index in [4.69, 9.17) is 0 Å². The molecular formula is C10H16O3. The van der Waals surface area contributed by atoms with Gasteiger partial charge in [0, 0.05) is 12.8 Å². The fourth-order valence-electron chi connectivity index (χ4n) is 1.76. The first kappa shape index (κ1) is 10.2. The van der Waals surface area contributed by atoms with Crippen LogP contribution < -0.4 is 0 Å². The molecule has 1 aliphatic rings. The van der Waals surface area contributed by atoms with E-state index in [0.29, 0.717) is 12.8 Å². The lowest BCUT2D eigenvalue weighted by molar-refractivity contribution is -0.165. The van der Waals surface area contributed by atoms with Crippen LogP contribution in [0.3, 0.4) is 0 Å². The van der Waals surface area contributed by atoms with E-state index in [-0.39, 0.29) is 23.3 Å². The van der Waals surface area contributed by atoms with E-state index in [1.54, 1.807) is 0 Å². The Morgan fingerprint density at radius 3 is 2.08 bits per heavy atom. The third-order valence-electron chi connectivity index (χ3n) is 2.04. The largest absolute Gasteiger partial charge is 0.393 e. The first-order chi connectivity index (χ1) is 5.87. The van der Waals surface area contributed by atoms with Gasteiger partial charge in [-0.15, -0.1) is 0 Å². The summed E-state index contributed by atoms with van der Waals surface area (Å²) >= 11 is 0. The molecule has 0 bridgehead atoms. The number of hydrogen-bond donors (Lipinski definition) is 0. The highest BCUT2D eigenvalue weighted by atomic mass is 16.6. The van der Waals surface area contributed by atoms with Gasteiger partial charge in [0.1, 0.15) is 0 Å². The van der Waals surface area contributed by atoms with Crippen molar-refractivity contribution < 1.29 is 14.3 Å². The zero-order valence-corrected chi connectivity index (χ0v) is 8.42. The Bertz CT molecular complexity index is 209. The van der Waals surface area contributed by atoms with E-state index in [9.17, 15) is 9.59 Å². The molecule has 0 N–H and O–H groups in total. The molecule has 13 heavy (non-hydrogen) atoms. The predicted octanol–water partition coefficient (Wildman–Crippen LogP) is 1.90. The maximum Gasteiger partial charge on any atom is 0.313 e. The zero-order chi connectivity index (χ0) is 10.1. The van der Waals surface area contributed by atoms with Gasteiger partial charge in [-0.25, -0.2) is 0 Å². The van der Waals surface area contributed by atoms with Crippen LogP contribution in [0.5, 0.6) is 0 Å². The zero-order valence-electron chi connectivity index (χ0n) is 8.42. The van der Waals surface area contributed by atoms with E-state index < -0.39 is 0 Å². The maximum absolute atomic E-state index is 10.9. The molecule has 3 nitrogen and oxygen atoms in total. The highest BCUT2D eigenvalue weighted by Gasteiger charge is 2.29. The van der Waals surface area contributed by atoms with Gasteiger partial charge in [0.25, 0.3) is 0 Å². The van der Waals surface area contributed by atoms with Crippen molar-refractivity contribution in [2.24, 2.45) is 11.3 Å². The number of ether oxygens (including phenoxy) is 1. The van der Waals surface area contributed by atoms with Crippen LogP contribution in [-0.4, -0.2) is 11.9 Å². The van der Waals surface area contributed by atoms with Crippen molar-refractivity contribution in [2.45, 2.75) is 40.0 Å². The monoisotopic (exact) mass is 184 g/mol. The van der Waals surface area contributed by atoms with Gasteiger partial charge in [0.2, 0.25) is 0 Å². The van der Waals surface area contributed by atoms with Crippen LogP contribution >= 0.6 is 0 Å². The molecule has 74 valence electrons. The first-order valence-corrected chi connectivity index (χ1v) is 4.60. The summed E-state index contributed by atoms with van der Waals surface area (Å²) in [5, 5.41) is 0. The Kier molecular flexibility index (Phi) is 2.74. The molecule has 1 saturated heterocycles. The predicted molar refractivity (Wildman–Crippen MR) is 47.9 cm³/mol. The molecule has 0 aromatic rings. The molecule has 0 radical (unpaired) electrons. The van der Waals surface area contributed by atoms with Crippen molar-refractivity contribution >= 4 is 11.9 Å². The second-order valence-corrected chi connectivity index (χ2v) is 4.89. The minimum Gasteiger partial charge on any atom is -0.393 e. The standard InChI is InChI=1S/C10H16O3/c1-10(2,3)6-7-4-8(11)13-9(12)5-7/h7H,4-6H2,1-3H3. The topological polar surface area (TPSA) is 43.4 Å². The van der Waals surface area contributed by atoms with Gasteiger partial charge in [-0.2, -0.15) is 0 Å². The van der Waals surface area contributed by atoms with Crippen LogP contribution in [0.4, 0.5) is 0 Å². The number of carbonyl (C=O) groups is 2. The Balaban J connectivity index is 2.51. The summed E-state index contributed by atoms with van der Waals surface area (Å²) in [7, 11) is 0. The molecule has 1 aliphatic heterocycles. The Morgan fingerprint density at radius 1 is 1.23 bits per heavy atom. The molecule has 0 atom stereocenters. The average Bonchev–Trinajstić information content (AvgIpc) is 1.78. The van der Waals surface area contributed by atoms with E-state index in [1.807, 2.05) is 0 Å². The van der Waals surface area contributed by atoms with Gasteiger partial charge in [0.05, 0.1) is 0 Å². The molecule has 0 spiro atoms. The molecule has 1 heterocycles. The lowest BCUT2D eigenvalue weighted by atomic mass is 9.81. The molecule has 3 heteroatoms. The fraction of sp³-hybridized carbons (Fsp3) is 0.800. The molecule has 0 amide bonds. The minimum atomic E-state index is -0.370. The van der Waals surface area contributed by atoms with Crippen LogP contribution in [0.15, 0.2) is 0 Å². The summed E-state index contributed by atoms with van der Waals surface area (Å²) in [4.78, 5) is 21.9. The number of hydrogen-bond acceptors (Lipinski definition) is 3. The average molecular weight is 184 g/mol. The summed E-state index contributed by atoms with van der Waals surface area (Å²) in [5.74, 6) is -0.565. The second-order valence-electron chi connectivity index (χ2n) is 4.89. The highest BCUT2D eigenvalue weighted by molar-refractivity contribution is 5.88. The molecule has 0 saturated carbocycles. The van der Waals surface area contributed by atoms with Crippen molar-refractivity contribution in [1.82, 2.24) is 0 Å². The van der Waals surface area contributed by atoms with Gasteiger partial charge in [0.15, 0.2) is 0 Å². The number of cyclic esters (lactones) is 2. The van der Waals surface area contributed by atoms with Crippen molar-refractivity contribution in [2.75, 3.05) is 0 Å². The number of rotatable bonds is 1. The summed E-state index contributed by atoms with van der Waals surface area (Å²) in [6.45, 7) is 6.33. The summed E-state index contributed by atoms with van der Waals surface area (Å²) in [6.07, 6.45) is 1.68. The van der Waals surface area contributed by atoms with Gasteiger partial charge in [-0.3, -0.25) is 9.59 Å². The number of carbonyl (C=O) groups excluding carboxylic acids is 2. The normalized spacial score (nSPS) is 20.2. The van der Waals surface area contributed by atoms with Gasteiger partial charge in [-0.1, -0.05) is 20.8 Å². The van der Waals surface area contributed by atoms with E-state index in [1.165, 1.54) is 0 Å². The molecule has 0 aliphatic carbocycles. The third-order valence-corrected chi connectivity index (χ3v) is 2.04. The van der Waals surface area contributed by atoms with Crippen molar-refractivity contribution in [3.8, 4) is 0 Å². The molecule has 1 fully saturated rings. The van der Waals surface area contributed by atoms with Gasteiger partial charge in [-0.05, 0) is 17.8 Å². The van der Waals surface area contributed by atoms with Crippen LogP contribution in [-0.2, 0) is 14.3 Å². The van der Waals surface area contributed by atoms with Gasteiger partial charge >= 0.3 is 11.9 Å². The van der Waals surface area contributed by atoms with Crippen molar-refractivity contribution in [3.05, 3.63) is 0 Å². The molecular weight excluding hydrogens is 168 g/mol. The molecule has 0 aromatic heterocycles. The maximum atomic E-state index is 10.9. The summed E-state index contributed by atoms with van der Waals surface area (Å²) < 4.78 is 4.45. The second kappa shape index (κ2) is 3.48. The lowest BCUT2D eigenvalue weighted by Crippen LogP contribution is -2.28. The smallest absolute Gasteiger partial charge is 0.313 e. The van der Waals surface area contributed by atoms with Crippen LogP contribution in [0.25, 0.3) is 0 Å². The SMILES string of the molecule is CC(C)(C)CC1CC(=O)OC(=O)C1. The third kappa shape index (κ3) is 3.57. The number of esters is 2. The lowest BCUT2D eigenvalue weighted by Gasteiger charge is -2.26. The summed E-state index contributed by atoms with van der Waals surface area (Å²) in [5.41, 5.74) is 0.169. The quantitative estimate of drug-likeness (QED) is 0.461. The molecule has 0 unspecified atom stereocenters. The molecule has 0 aromatic carbocycles. The van der Waals surface area contributed by atoms with E-state index in [2.05, 4.69) is 25.5 Å². The molecule has 1 rings (SSSR count). The van der Waals surface area contributed by atoms with E-state index in [0.717, 1.165) is 6.42 Å². The highest BCUT2D eigenvalue weighted by Crippen LogP contribution is 2.30. The van der Waals surface area contributed by atoms with Crippen molar-refractivity contribution in [1.29, 1.82) is 0 Å².